The number of amides is 1. The van der Waals surface area contributed by atoms with Crippen LogP contribution in [0, 0.1) is 5.92 Å². The van der Waals surface area contributed by atoms with Crippen molar-refractivity contribution < 1.29 is 4.79 Å². The van der Waals surface area contributed by atoms with E-state index >= 15 is 0 Å². The molecule has 1 rings (SSSR count). The average Bonchev–Trinajstić information content (AvgIpc) is 2.18. The number of rotatable bonds is 3. The molecule has 0 aromatic carbocycles. The van der Waals surface area contributed by atoms with E-state index in [2.05, 4.69) is 5.32 Å². The summed E-state index contributed by atoms with van der Waals surface area (Å²) in [7, 11) is 1.88. The Morgan fingerprint density at radius 3 is 2.57 bits per heavy atom. The second-order valence-electron chi connectivity index (χ2n) is 3.40. The van der Waals surface area contributed by atoms with Crippen LogP contribution in [0.25, 0.3) is 0 Å². The van der Waals surface area contributed by atoms with Crippen LogP contribution >= 0.6 is 24.2 Å². The third kappa shape index (κ3) is 4.07. The van der Waals surface area contributed by atoms with Crippen LogP contribution in [0.15, 0.2) is 0 Å². The Kier molecular flexibility index (Phi) is 7.41. The van der Waals surface area contributed by atoms with Gasteiger partial charge in [0.1, 0.15) is 0 Å². The molecule has 1 N–H and O–H groups in total. The van der Waals surface area contributed by atoms with Crippen LogP contribution in [0.2, 0.25) is 0 Å². The molecule has 1 heterocycles. The van der Waals surface area contributed by atoms with Crippen LogP contribution in [0.4, 0.5) is 0 Å². The summed E-state index contributed by atoms with van der Waals surface area (Å²) in [4.78, 5) is 13.7. The number of hydrogen-bond donors (Lipinski definition) is 1. The number of nitrogens with zero attached hydrogens (tertiary/aromatic N) is 1. The first kappa shape index (κ1) is 14.1. The highest BCUT2D eigenvalue weighted by atomic mass is 35.5. The summed E-state index contributed by atoms with van der Waals surface area (Å²) in [5, 5.41) is 3.03. The third-order valence-corrected chi connectivity index (χ3v) is 3.20. The predicted octanol–water partition coefficient (Wildman–Crippen LogP) is 0.839. The monoisotopic (exact) mass is 238 g/mol. The number of hydrogen-bond acceptors (Lipinski definition) is 3. The molecule has 5 heteroatoms. The molecule has 0 spiro atoms. The fourth-order valence-corrected chi connectivity index (χ4v) is 2.39. The lowest BCUT2D eigenvalue weighted by atomic mass is 10.1. The van der Waals surface area contributed by atoms with E-state index in [-0.39, 0.29) is 18.3 Å². The normalized spacial score (nSPS) is 18.6. The van der Waals surface area contributed by atoms with Crippen molar-refractivity contribution in [2.75, 3.05) is 38.2 Å². The van der Waals surface area contributed by atoms with Gasteiger partial charge in [-0.25, -0.2) is 0 Å². The van der Waals surface area contributed by atoms with Gasteiger partial charge in [0.25, 0.3) is 0 Å². The Balaban J connectivity index is 0.00000169. The van der Waals surface area contributed by atoms with Crippen molar-refractivity contribution in [2.45, 2.75) is 6.92 Å². The highest BCUT2D eigenvalue weighted by Crippen LogP contribution is 2.11. The minimum atomic E-state index is 0. The van der Waals surface area contributed by atoms with E-state index in [1.807, 2.05) is 30.6 Å². The van der Waals surface area contributed by atoms with Crippen molar-refractivity contribution in [2.24, 2.45) is 5.92 Å². The van der Waals surface area contributed by atoms with Crippen molar-refractivity contribution in [3.63, 3.8) is 0 Å². The molecule has 1 atom stereocenters. The number of thioether (sulfide) groups is 1. The van der Waals surface area contributed by atoms with Gasteiger partial charge < -0.3 is 10.2 Å². The van der Waals surface area contributed by atoms with E-state index in [0.29, 0.717) is 5.91 Å². The first-order valence-corrected chi connectivity index (χ1v) is 5.92. The number of carbonyl (C=O) groups is 1. The van der Waals surface area contributed by atoms with Gasteiger partial charge in [0, 0.05) is 37.1 Å². The third-order valence-electron chi connectivity index (χ3n) is 2.25. The van der Waals surface area contributed by atoms with Crippen LogP contribution in [0.5, 0.6) is 0 Å². The lowest BCUT2D eigenvalue weighted by molar-refractivity contribution is -0.134. The molecule has 1 aliphatic rings. The average molecular weight is 239 g/mol. The quantitative estimate of drug-likeness (QED) is 0.791. The van der Waals surface area contributed by atoms with E-state index < -0.39 is 0 Å². The van der Waals surface area contributed by atoms with Gasteiger partial charge in [-0.1, -0.05) is 6.92 Å². The van der Waals surface area contributed by atoms with Gasteiger partial charge in [-0.15, -0.1) is 12.4 Å². The van der Waals surface area contributed by atoms with Crippen LogP contribution in [-0.2, 0) is 4.79 Å². The van der Waals surface area contributed by atoms with Crippen LogP contribution in [0.1, 0.15) is 6.92 Å². The van der Waals surface area contributed by atoms with Crippen molar-refractivity contribution in [3.05, 3.63) is 0 Å². The smallest absolute Gasteiger partial charge is 0.226 e. The van der Waals surface area contributed by atoms with Gasteiger partial charge in [0.2, 0.25) is 5.91 Å². The van der Waals surface area contributed by atoms with Crippen molar-refractivity contribution >= 4 is 30.1 Å². The molecule has 0 aliphatic carbocycles. The molecular weight excluding hydrogens is 220 g/mol. The summed E-state index contributed by atoms with van der Waals surface area (Å²) < 4.78 is 0. The fourth-order valence-electron chi connectivity index (χ4n) is 1.49. The summed E-state index contributed by atoms with van der Waals surface area (Å²) in [5.74, 6) is 2.61. The van der Waals surface area contributed by atoms with Crippen LogP contribution < -0.4 is 5.32 Å². The van der Waals surface area contributed by atoms with E-state index in [9.17, 15) is 4.79 Å². The van der Waals surface area contributed by atoms with Crippen molar-refractivity contribution in [1.29, 1.82) is 0 Å². The first-order chi connectivity index (χ1) is 6.25. The number of halogens is 1. The highest BCUT2D eigenvalue weighted by Gasteiger charge is 2.21. The molecule has 0 saturated carbocycles. The molecule has 14 heavy (non-hydrogen) atoms. The predicted molar refractivity (Wildman–Crippen MR) is 64.2 cm³/mol. The molecule has 1 saturated heterocycles. The number of carbonyl (C=O) groups excluding carboxylic acids is 1. The summed E-state index contributed by atoms with van der Waals surface area (Å²) in [6.45, 7) is 4.62. The summed E-state index contributed by atoms with van der Waals surface area (Å²) in [6, 6.07) is 0. The summed E-state index contributed by atoms with van der Waals surface area (Å²) >= 11 is 1.93. The molecule has 1 fully saturated rings. The lowest BCUT2D eigenvalue weighted by Gasteiger charge is -2.28. The van der Waals surface area contributed by atoms with Gasteiger partial charge in [0.05, 0.1) is 0 Å². The summed E-state index contributed by atoms with van der Waals surface area (Å²) in [6.07, 6.45) is 0. The molecule has 1 unspecified atom stereocenters. The molecule has 0 aromatic rings. The second kappa shape index (κ2) is 7.37. The molecule has 0 radical (unpaired) electrons. The van der Waals surface area contributed by atoms with E-state index in [4.69, 9.17) is 0 Å². The van der Waals surface area contributed by atoms with Gasteiger partial charge in [-0.3, -0.25) is 4.79 Å². The van der Waals surface area contributed by atoms with Crippen LogP contribution in [-0.4, -0.2) is 49.0 Å². The molecule has 0 aromatic heterocycles. The highest BCUT2D eigenvalue weighted by molar-refractivity contribution is 7.99. The maximum atomic E-state index is 11.8. The lowest BCUT2D eigenvalue weighted by Crippen LogP contribution is -2.42. The Bertz CT molecular complexity index is 174. The van der Waals surface area contributed by atoms with Gasteiger partial charge in [-0.2, -0.15) is 11.8 Å². The zero-order chi connectivity index (χ0) is 9.68. The molecule has 0 bridgehead atoms. The van der Waals surface area contributed by atoms with E-state index in [1.54, 1.807) is 0 Å². The van der Waals surface area contributed by atoms with E-state index in [0.717, 1.165) is 31.1 Å². The SMILES string of the molecule is CNCC(C)C(=O)N1CCSCC1.Cl. The Hall–Kier alpha value is 0.0700. The van der Waals surface area contributed by atoms with Crippen molar-refractivity contribution in [1.82, 2.24) is 10.2 Å². The minimum absolute atomic E-state index is 0. The summed E-state index contributed by atoms with van der Waals surface area (Å²) in [5.41, 5.74) is 0. The molecule has 84 valence electrons. The molecule has 1 aliphatic heterocycles. The second-order valence-corrected chi connectivity index (χ2v) is 4.62. The van der Waals surface area contributed by atoms with Crippen LogP contribution in [0.3, 0.4) is 0 Å². The van der Waals surface area contributed by atoms with E-state index in [1.165, 1.54) is 0 Å². The Labute approximate surface area is 96.4 Å². The Morgan fingerprint density at radius 2 is 2.07 bits per heavy atom. The first-order valence-electron chi connectivity index (χ1n) is 4.77. The molecule has 1 amide bonds. The zero-order valence-corrected chi connectivity index (χ0v) is 10.4. The standard InChI is InChI=1S/C9H18N2OS.ClH/c1-8(7-10-2)9(12)11-3-5-13-6-4-11;/h8,10H,3-7H2,1-2H3;1H. The maximum Gasteiger partial charge on any atom is 0.226 e. The van der Waals surface area contributed by atoms with Gasteiger partial charge in [0.15, 0.2) is 0 Å². The Morgan fingerprint density at radius 1 is 1.50 bits per heavy atom. The van der Waals surface area contributed by atoms with Gasteiger partial charge in [-0.05, 0) is 7.05 Å². The van der Waals surface area contributed by atoms with Crippen molar-refractivity contribution in [3.8, 4) is 0 Å². The fraction of sp³-hybridized carbons (Fsp3) is 0.889. The van der Waals surface area contributed by atoms with Gasteiger partial charge >= 0.3 is 0 Å². The molecule has 3 nitrogen and oxygen atoms in total. The molecular formula is C9H19ClN2OS. The largest absolute Gasteiger partial charge is 0.341 e. The zero-order valence-electron chi connectivity index (χ0n) is 8.78. The number of nitrogens with one attached hydrogen (secondary N) is 1. The minimum Gasteiger partial charge on any atom is -0.341 e. The maximum absolute atomic E-state index is 11.8. The topological polar surface area (TPSA) is 32.3 Å².